The average Bonchev–Trinajstić information content (AvgIpc) is 1.64. The van der Waals surface area contributed by atoms with Crippen LogP contribution in [-0.4, -0.2) is 18.8 Å². The van der Waals surface area contributed by atoms with Crippen molar-refractivity contribution in [3.05, 3.63) is 0 Å². The first-order chi connectivity index (χ1) is 3.77. The van der Waals surface area contributed by atoms with Gasteiger partial charge in [-0.15, -0.1) is 12.4 Å². The van der Waals surface area contributed by atoms with Gasteiger partial charge in [0.2, 0.25) is 0 Å². The minimum Gasteiger partial charge on any atom is -0.308 e. The summed E-state index contributed by atoms with van der Waals surface area (Å²) in [6.07, 6.45) is 0. The molecule has 1 aliphatic heterocycles. The van der Waals surface area contributed by atoms with E-state index in [9.17, 15) is 4.39 Å². The van der Waals surface area contributed by atoms with Crippen molar-refractivity contribution in [2.45, 2.75) is 5.67 Å². The standard InChI is InChI=1S/C5H5BrFN.ClH/c6-2-1-5(7)3-8-4-5;/h8H,3-4H2;1H. The van der Waals surface area contributed by atoms with Crippen molar-refractivity contribution in [3.8, 4) is 10.8 Å². The van der Waals surface area contributed by atoms with Crippen LogP contribution in [0.3, 0.4) is 0 Å². The SMILES string of the molecule is Cl.FC1(C#CBr)CNC1. The number of nitrogens with one attached hydrogen (secondary N) is 1. The Morgan fingerprint density at radius 1 is 1.56 bits per heavy atom. The quantitative estimate of drug-likeness (QED) is 0.595. The molecular weight excluding hydrogens is 208 g/mol. The van der Waals surface area contributed by atoms with Gasteiger partial charge in [0, 0.05) is 29.0 Å². The van der Waals surface area contributed by atoms with Crippen molar-refractivity contribution >= 4 is 28.3 Å². The molecule has 0 bridgehead atoms. The molecule has 1 heterocycles. The summed E-state index contributed by atoms with van der Waals surface area (Å²) >= 11 is 2.83. The monoisotopic (exact) mass is 213 g/mol. The van der Waals surface area contributed by atoms with Gasteiger partial charge in [-0.25, -0.2) is 4.39 Å². The lowest BCUT2D eigenvalue weighted by Gasteiger charge is -2.29. The maximum atomic E-state index is 12.6. The van der Waals surface area contributed by atoms with Crippen LogP contribution in [0.1, 0.15) is 0 Å². The number of alkyl halides is 1. The molecule has 1 N–H and O–H groups in total. The zero-order chi connectivity index (χ0) is 6.04. The molecular formula is C5H6BrClFN. The maximum absolute atomic E-state index is 12.6. The summed E-state index contributed by atoms with van der Waals surface area (Å²) < 4.78 is 12.6. The van der Waals surface area contributed by atoms with E-state index in [4.69, 9.17) is 0 Å². The van der Waals surface area contributed by atoms with E-state index in [-0.39, 0.29) is 12.4 Å². The van der Waals surface area contributed by atoms with Crippen LogP contribution >= 0.6 is 28.3 Å². The molecule has 1 aliphatic rings. The minimum atomic E-state index is -1.25. The van der Waals surface area contributed by atoms with Crippen LogP contribution in [0.5, 0.6) is 0 Å². The van der Waals surface area contributed by atoms with Gasteiger partial charge in [0.25, 0.3) is 0 Å². The largest absolute Gasteiger partial charge is 0.308 e. The summed E-state index contributed by atoms with van der Waals surface area (Å²) in [4.78, 5) is 2.36. The third kappa shape index (κ3) is 2.13. The Kier molecular flexibility index (Phi) is 3.49. The molecule has 1 fully saturated rings. The molecule has 0 aromatic carbocycles. The fourth-order valence-corrected chi connectivity index (χ4v) is 0.873. The molecule has 0 spiro atoms. The first-order valence-corrected chi connectivity index (χ1v) is 3.09. The van der Waals surface area contributed by atoms with Crippen molar-refractivity contribution in [1.29, 1.82) is 0 Å². The minimum absolute atomic E-state index is 0. The fourth-order valence-electron chi connectivity index (χ4n) is 0.518. The first kappa shape index (κ1) is 9.22. The molecule has 52 valence electrons. The molecule has 0 amide bonds. The van der Waals surface area contributed by atoms with Gasteiger partial charge in [-0.3, -0.25) is 0 Å². The first-order valence-electron chi connectivity index (χ1n) is 2.29. The van der Waals surface area contributed by atoms with Crippen LogP contribution in [0.25, 0.3) is 0 Å². The fraction of sp³-hybridized carbons (Fsp3) is 0.600. The number of halogens is 3. The van der Waals surface area contributed by atoms with E-state index >= 15 is 0 Å². The molecule has 1 saturated heterocycles. The lowest BCUT2D eigenvalue weighted by Crippen LogP contribution is -2.55. The molecule has 0 aromatic rings. The van der Waals surface area contributed by atoms with Gasteiger partial charge in [0.05, 0.1) is 0 Å². The highest BCUT2D eigenvalue weighted by Gasteiger charge is 2.34. The molecule has 1 rings (SSSR count). The lowest BCUT2D eigenvalue weighted by molar-refractivity contribution is 0.158. The summed E-state index contributed by atoms with van der Waals surface area (Å²) in [5.74, 6) is 2.40. The third-order valence-electron chi connectivity index (χ3n) is 1.08. The Hall–Kier alpha value is 0.220. The van der Waals surface area contributed by atoms with Crippen molar-refractivity contribution in [3.63, 3.8) is 0 Å². The Morgan fingerprint density at radius 3 is 2.22 bits per heavy atom. The van der Waals surface area contributed by atoms with Crippen molar-refractivity contribution < 1.29 is 4.39 Å². The number of rotatable bonds is 0. The highest BCUT2D eigenvalue weighted by Crippen LogP contribution is 2.14. The van der Waals surface area contributed by atoms with E-state index in [1.165, 1.54) is 0 Å². The van der Waals surface area contributed by atoms with E-state index < -0.39 is 5.67 Å². The molecule has 9 heavy (non-hydrogen) atoms. The van der Waals surface area contributed by atoms with Gasteiger partial charge in [-0.1, -0.05) is 0 Å². The molecule has 1 nitrogen and oxygen atoms in total. The Bertz CT molecular complexity index is 147. The summed E-state index contributed by atoms with van der Waals surface area (Å²) in [5, 5.41) is 2.79. The second-order valence-corrected chi connectivity index (χ2v) is 2.18. The van der Waals surface area contributed by atoms with E-state index in [2.05, 4.69) is 32.0 Å². The topological polar surface area (TPSA) is 12.0 Å². The van der Waals surface area contributed by atoms with Gasteiger partial charge < -0.3 is 5.32 Å². The molecule has 0 aromatic heterocycles. The van der Waals surface area contributed by atoms with E-state index in [0.29, 0.717) is 13.1 Å². The van der Waals surface area contributed by atoms with E-state index in [0.717, 1.165) is 0 Å². The van der Waals surface area contributed by atoms with Crippen LogP contribution in [-0.2, 0) is 0 Å². The van der Waals surface area contributed by atoms with E-state index in [1.54, 1.807) is 0 Å². The Balaban J connectivity index is 0.000000640. The molecule has 0 atom stereocenters. The summed E-state index contributed by atoms with van der Waals surface area (Å²) in [6, 6.07) is 0. The predicted octanol–water partition coefficient (Wildman–Crippen LogP) is 1.08. The zero-order valence-electron chi connectivity index (χ0n) is 4.58. The zero-order valence-corrected chi connectivity index (χ0v) is 6.98. The third-order valence-corrected chi connectivity index (χ3v) is 1.28. The van der Waals surface area contributed by atoms with Gasteiger partial charge in [-0.2, -0.15) is 0 Å². The Labute approximate surface area is 67.9 Å². The Morgan fingerprint density at radius 2 is 2.11 bits per heavy atom. The van der Waals surface area contributed by atoms with Gasteiger partial charge in [0.15, 0.2) is 5.67 Å². The molecule has 0 saturated carbocycles. The van der Waals surface area contributed by atoms with Crippen LogP contribution in [0, 0.1) is 10.8 Å². The normalized spacial score (nSPS) is 20.2. The summed E-state index contributed by atoms with van der Waals surface area (Å²) in [7, 11) is 0. The van der Waals surface area contributed by atoms with Crippen LogP contribution < -0.4 is 5.32 Å². The highest BCUT2D eigenvalue weighted by molar-refractivity contribution is 9.12. The van der Waals surface area contributed by atoms with Crippen LogP contribution in [0.15, 0.2) is 0 Å². The average molecular weight is 214 g/mol. The van der Waals surface area contributed by atoms with Gasteiger partial charge in [-0.05, 0) is 10.8 Å². The second-order valence-electron chi connectivity index (χ2n) is 1.79. The maximum Gasteiger partial charge on any atom is 0.196 e. The molecule has 0 aliphatic carbocycles. The molecule has 0 unspecified atom stereocenters. The van der Waals surface area contributed by atoms with Gasteiger partial charge >= 0.3 is 0 Å². The van der Waals surface area contributed by atoms with Crippen molar-refractivity contribution in [1.82, 2.24) is 5.32 Å². The van der Waals surface area contributed by atoms with Crippen LogP contribution in [0.4, 0.5) is 4.39 Å². The second kappa shape index (κ2) is 3.40. The summed E-state index contributed by atoms with van der Waals surface area (Å²) in [6.45, 7) is 0.733. The highest BCUT2D eigenvalue weighted by atomic mass is 79.9. The van der Waals surface area contributed by atoms with Gasteiger partial charge in [0.1, 0.15) is 0 Å². The molecule has 0 radical (unpaired) electrons. The number of hydrogen-bond acceptors (Lipinski definition) is 1. The van der Waals surface area contributed by atoms with E-state index in [1.807, 2.05) is 0 Å². The predicted molar refractivity (Wildman–Crippen MR) is 40.7 cm³/mol. The van der Waals surface area contributed by atoms with Crippen molar-refractivity contribution in [2.75, 3.05) is 13.1 Å². The lowest BCUT2D eigenvalue weighted by atomic mass is 10.0. The number of hydrogen-bond donors (Lipinski definition) is 1. The molecule has 4 heteroatoms. The summed E-state index contributed by atoms with van der Waals surface area (Å²) in [5.41, 5.74) is -1.25. The smallest absolute Gasteiger partial charge is 0.196 e. The van der Waals surface area contributed by atoms with Crippen LogP contribution in [0.2, 0.25) is 0 Å². The van der Waals surface area contributed by atoms with Crippen molar-refractivity contribution in [2.24, 2.45) is 0 Å².